The average Bonchev–Trinajstić information content (AvgIpc) is 2.68. The van der Waals surface area contributed by atoms with Gasteiger partial charge in [0.1, 0.15) is 11.5 Å². The fraction of sp³-hybridized carbons (Fsp3) is 0.100. The van der Waals surface area contributed by atoms with Crippen LogP contribution in [0.15, 0.2) is 60.8 Å². The molecule has 3 aromatic rings. The van der Waals surface area contributed by atoms with E-state index >= 15 is 0 Å². The number of pyridine rings is 1. The summed E-state index contributed by atoms with van der Waals surface area (Å²) in [6, 6.07) is 13.0. The summed E-state index contributed by atoms with van der Waals surface area (Å²) in [5.41, 5.74) is 1.72. The summed E-state index contributed by atoms with van der Waals surface area (Å²) in [4.78, 5) is 16.7. The molecule has 1 aromatic heterocycles. The Kier molecular flexibility index (Phi) is 5.93. The number of ether oxygens (including phenoxy) is 2. The number of carbonyl (C=O) groups excluding carboxylic acids is 1. The number of rotatable bonds is 5. The van der Waals surface area contributed by atoms with Gasteiger partial charge in [-0.2, -0.15) is 0 Å². The number of amides is 1. The van der Waals surface area contributed by atoms with Gasteiger partial charge in [-0.1, -0.05) is 11.6 Å². The van der Waals surface area contributed by atoms with Crippen LogP contribution >= 0.6 is 11.6 Å². The number of halogens is 4. The summed E-state index contributed by atoms with van der Waals surface area (Å²) in [5, 5.41) is 3.03. The monoisotopic (exact) mass is 422 g/mol. The highest BCUT2D eigenvalue weighted by Crippen LogP contribution is 2.34. The van der Waals surface area contributed by atoms with Gasteiger partial charge in [0.25, 0.3) is 5.91 Å². The Morgan fingerprint density at radius 3 is 2.45 bits per heavy atom. The lowest BCUT2D eigenvalue weighted by molar-refractivity contribution is -0.274. The number of anilines is 1. The smallest absolute Gasteiger partial charge is 0.496 e. The normalized spacial score (nSPS) is 11.1. The van der Waals surface area contributed by atoms with Crippen molar-refractivity contribution in [2.75, 3.05) is 12.4 Å². The minimum Gasteiger partial charge on any atom is -0.496 e. The topological polar surface area (TPSA) is 60.5 Å². The average molecular weight is 423 g/mol. The second kappa shape index (κ2) is 8.40. The maximum atomic E-state index is 12.5. The van der Waals surface area contributed by atoms with Crippen molar-refractivity contribution in [3.63, 3.8) is 0 Å². The number of carbonyl (C=O) groups is 1. The third kappa shape index (κ3) is 5.17. The number of methoxy groups -OCH3 is 1. The van der Waals surface area contributed by atoms with Crippen LogP contribution in [0.4, 0.5) is 18.9 Å². The van der Waals surface area contributed by atoms with E-state index in [-0.39, 0.29) is 11.3 Å². The van der Waals surface area contributed by atoms with Crippen LogP contribution in [0.1, 0.15) is 10.4 Å². The van der Waals surface area contributed by atoms with Crippen molar-refractivity contribution in [1.29, 1.82) is 0 Å². The second-order valence-corrected chi connectivity index (χ2v) is 6.18. The van der Waals surface area contributed by atoms with Gasteiger partial charge in [0, 0.05) is 23.0 Å². The first-order valence-electron chi connectivity index (χ1n) is 8.23. The Morgan fingerprint density at radius 1 is 1.10 bits per heavy atom. The standard InChI is InChI=1S/C20H14ClF3N2O3/c1-28-17-11-12(4-9-15(17)18-16(21)3-2-10-25-18)19(27)26-13-5-7-14(8-6-13)29-20(22,23)24/h2-11H,1H3,(H,26,27). The van der Waals surface area contributed by atoms with Gasteiger partial charge in [0.2, 0.25) is 0 Å². The lowest BCUT2D eigenvalue weighted by Crippen LogP contribution is -2.17. The summed E-state index contributed by atoms with van der Waals surface area (Å²) in [6.45, 7) is 0. The van der Waals surface area contributed by atoms with Crippen LogP contribution in [0.3, 0.4) is 0 Å². The molecule has 0 spiro atoms. The molecule has 2 aromatic carbocycles. The van der Waals surface area contributed by atoms with Crippen molar-refractivity contribution >= 4 is 23.2 Å². The largest absolute Gasteiger partial charge is 0.573 e. The Labute approximate surface area is 169 Å². The molecule has 0 unspecified atom stereocenters. The van der Waals surface area contributed by atoms with E-state index in [4.69, 9.17) is 16.3 Å². The van der Waals surface area contributed by atoms with Crippen molar-refractivity contribution in [1.82, 2.24) is 4.98 Å². The highest BCUT2D eigenvalue weighted by Gasteiger charge is 2.31. The maximum Gasteiger partial charge on any atom is 0.573 e. The first kappa shape index (κ1) is 20.5. The molecule has 29 heavy (non-hydrogen) atoms. The van der Waals surface area contributed by atoms with Crippen LogP contribution < -0.4 is 14.8 Å². The third-order valence-corrected chi connectivity index (χ3v) is 4.13. The molecule has 150 valence electrons. The molecule has 5 nitrogen and oxygen atoms in total. The molecule has 3 rings (SSSR count). The summed E-state index contributed by atoms with van der Waals surface area (Å²) in [5.74, 6) is -0.451. The lowest BCUT2D eigenvalue weighted by Gasteiger charge is -2.12. The zero-order chi connectivity index (χ0) is 21.0. The summed E-state index contributed by atoms with van der Waals surface area (Å²) >= 11 is 6.17. The molecule has 1 amide bonds. The van der Waals surface area contributed by atoms with E-state index in [0.717, 1.165) is 12.1 Å². The Morgan fingerprint density at radius 2 is 1.83 bits per heavy atom. The molecule has 0 fully saturated rings. The van der Waals surface area contributed by atoms with Gasteiger partial charge in [-0.3, -0.25) is 9.78 Å². The highest BCUT2D eigenvalue weighted by atomic mass is 35.5. The fourth-order valence-electron chi connectivity index (χ4n) is 2.56. The van der Waals surface area contributed by atoms with E-state index in [1.807, 2.05) is 0 Å². The van der Waals surface area contributed by atoms with Gasteiger partial charge in [-0.15, -0.1) is 13.2 Å². The first-order chi connectivity index (χ1) is 13.8. The molecule has 1 heterocycles. The minimum absolute atomic E-state index is 0.285. The molecule has 0 aliphatic rings. The van der Waals surface area contributed by atoms with Crippen LogP contribution in [-0.2, 0) is 0 Å². The Hall–Kier alpha value is -3.26. The van der Waals surface area contributed by atoms with Crippen molar-refractivity contribution in [2.24, 2.45) is 0 Å². The minimum atomic E-state index is -4.78. The summed E-state index contributed by atoms with van der Waals surface area (Å²) in [6.07, 6.45) is -3.19. The molecule has 0 aliphatic carbocycles. The number of hydrogen-bond donors (Lipinski definition) is 1. The van der Waals surface area contributed by atoms with Crippen LogP contribution in [0.25, 0.3) is 11.3 Å². The lowest BCUT2D eigenvalue weighted by atomic mass is 10.1. The number of benzene rings is 2. The van der Waals surface area contributed by atoms with Crippen LogP contribution in [0.2, 0.25) is 5.02 Å². The van der Waals surface area contributed by atoms with Gasteiger partial charge in [-0.05, 0) is 54.6 Å². The number of nitrogens with zero attached hydrogens (tertiary/aromatic N) is 1. The summed E-state index contributed by atoms with van der Waals surface area (Å²) < 4.78 is 45.8. The highest BCUT2D eigenvalue weighted by molar-refractivity contribution is 6.33. The molecular formula is C20H14ClF3N2O3. The predicted molar refractivity (Wildman–Crippen MR) is 102 cm³/mol. The third-order valence-electron chi connectivity index (χ3n) is 3.82. The number of nitrogens with one attached hydrogen (secondary N) is 1. The van der Waals surface area contributed by atoms with Crippen molar-refractivity contribution in [2.45, 2.75) is 6.36 Å². The van der Waals surface area contributed by atoms with Gasteiger partial charge in [0.05, 0.1) is 17.8 Å². The van der Waals surface area contributed by atoms with E-state index in [1.165, 1.54) is 25.3 Å². The molecular weight excluding hydrogens is 409 g/mol. The zero-order valence-electron chi connectivity index (χ0n) is 15.0. The van der Waals surface area contributed by atoms with Crippen molar-refractivity contribution < 1.29 is 27.4 Å². The quantitative estimate of drug-likeness (QED) is 0.584. The molecule has 0 atom stereocenters. The van der Waals surface area contributed by atoms with E-state index < -0.39 is 12.3 Å². The summed E-state index contributed by atoms with van der Waals surface area (Å²) in [7, 11) is 1.46. The molecule has 0 bridgehead atoms. The van der Waals surface area contributed by atoms with Gasteiger partial charge < -0.3 is 14.8 Å². The molecule has 0 saturated heterocycles. The van der Waals surface area contributed by atoms with Crippen molar-refractivity contribution in [3.05, 3.63) is 71.4 Å². The fourth-order valence-corrected chi connectivity index (χ4v) is 2.78. The van der Waals surface area contributed by atoms with E-state index in [0.29, 0.717) is 27.7 Å². The predicted octanol–water partition coefficient (Wildman–Crippen LogP) is 5.56. The Balaban J connectivity index is 1.79. The maximum absolute atomic E-state index is 12.5. The van der Waals surface area contributed by atoms with Crippen molar-refractivity contribution in [3.8, 4) is 22.8 Å². The van der Waals surface area contributed by atoms with E-state index in [2.05, 4.69) is 15.0 Å². The SMILES string of the molecule is COc1cc(C(=O)Nc2ccc(OC(F)(F)F)cc2)ccc1-c1ncccc1Cl. The second-order valence-electron chi connectivity index (χ2n) is 5.78. The van der Waals surface area contributed by atoms with Gasteiger partial charge in [0.15, 0.2) is 0 Å². The number of aromatic nitrogens is 1. The number of alkyl halides is 3. The van der Waals surface area contributed by atoms with Crippen LogP contribution in [0.5, 0.6) is 11.5 Å². The van der Waals surface area contributed by atoms with E-state index in [9.17, 15) is 18.0 Å². The molecule has 0 aliphatic heterocycles. The van der Waals surface area contributed by atoms with Gasteiger partial charge in [-0.25, -0.2) is 0 Å². The Bertz CT molecular complexity index is 1020. The molecule has 0 saturated carbocycles. The first-order valence-corrected chi connectivity index (χ1v) is 8.61. The number of hydrogen-bond acceptors (Lipinski definition) is 4. The van der Waals surface area contributed by atoms with Crippen LogP contribution in [-0.4, -0.2) is 24.4 Å². The van der Waals surface area contributed by atoms with Crippen LogP contribution in [0, 0.1) is 0 Å². The molecule has 1 N–H and O–H groups in total. The van der Waals surface area contributed by atoms with Gasteiger partial charge >= 0.3 is 6.36 Å². The van der Waals surface area contributed by atoms with E-state index in [1.54, 1.807) is 30.5 Å². The zero-order valence-corrected chi connectivity index (χ0v) is 15.7. The molecule has 0 radical (unpaired) electrons. The molecule has 9 heteroatoms.